The molecular formula is C15H26N2O2. The Morgan fingerprint density at radius 3 is 2.32 bits per heavy atom. The van der Waals surface area contributed by atoms with Crippen molar-refractivity contribution in [2.45, 2.75) is 64.8 Å². The smallest absolute Gasteiger partial charge is 0.304 e. The number of hydrogen-bond acceptors (Lipinski definition) is 2. The molecule has 1 aromatic heterocycles. The van der Waals surface area contributed by atoms with Crippen molar-refractivity contribution < 1.29 is 14.5 Å². The standard InChI is InChI=1S/C15H26N2O2/c1-3-4-5-6-7-8-9-10-11-17-13-12-16(2)14(17)15(18)19/h12-13H,3-11H2,1-2H3. The topological polar surface area (TPSA) is 48.9 Å². The Balaban J connectivity index is 2.18. The van der Waals surface area contributed by atoms with Crippen molar-refractivity contribution in [1.82, 2.24) is 4.57 Å². The lowest BCUT2D eigenvalue weighted by Crippen LogP contribution is -2.41. The number of hydrogen-bond donors (Lipinski definition) is 0. The Kier molecular flexibility index (Phi) is 7.23. The maximum absolute atomic E-state index is 11.0. The minimum Gasteiger partial charge on any atom is -0.538 e. The van der Waals surface area contributed by atoms with Crippen molar-refractivity contribution in [2.24, 2.45) is 7.05 Å². The molecule has 0 radical (unpaired) electrons. The molecule has 0 saturated carbocycles. The van der Waals surface area contributed by atoms with Crippen molar-refractivity contribution >= 4 is 5.97 Å². The van der Waals surface area contributed by atoms with Crippen LogP contribution in [0.15, 0.2) is 12.4 Å². The lowest BCUT2D eigenvalue weighted by atomic mass is 10.1. The molecule has 0 aliphatic rings. The van der Waals surface area contributed by atoms with E-state index >= 15 is 0 Å². The number of aromatic carboxylic acids is 1. The highest BCUT2D eigenvalue weighted by molar-refractivity contribution is 5.79. The summed E-state index contributed by atoms with van der Waals surface area (Å²) in [5.41, 5.74) is 0. The van der Waals surface area contributed by atoms with Crippen LogP contribution < -0.4 is 9.67 Å². The van der Waals surface area contributed by atoms with Gasteiger partial charge in [-0.1, -0.05) is 45.4 Å². The summed E-state index contributed by atoms with van der Waals surface area (Å²) < 4.78 is 3.37. The zero-order valence-electron chi connectivity index (χ0n) is 12.2. The number of carbonyl (C=O) groups excluding carboxylic acids is 1. The summed E-state index contributed by atoms with van der Waals surface area (Å²) in [5.74, 6) is -0.852. The van der Waals surface area contributed by atoms with Crippen LogP contribution in [0.1, 0.15) is 68.9 Å². The third-order valence-corrected chi connectivity index (χ3v) is 3.51. The lowest BCUT2D eigenvalue weighted by molar-refractivity contribution is -0.675. The predicted molar refractivity (Wildman–Crippen MR) is 72.5 cm³/mol. The number of carboxylic acid groups (broad SMARTS) is 1. The van der Waals surface area contributed by atoms with Gasteiger partial charge in [-0.2, -0.15) is 0 Å². The number of aromatic nitrogens is 2. The minimum absolute atomic E-state index is 0.253. The lowest BCUT2D eigenvalue weighted by Gasteiger charge is -2.04. The summed E-state index contributed by atoms with van der Waals surface area (Å²) in [6.45, 7) is 2.99. The van der Waals surface area contributed by atoms with Crippen LogP contribution >= 0.6 is 0 Å². The van der Waals surface area contributed by atoms with Crippen molar-refractivity contribution in [3.8, 4) is 0 Å². The minimum atomic E-state index is -1.10. The van der Waals surface area contributed by atoms with E-state index in [1.54, 1.807) is 22.4 Å². The molecule has 19 heavy (non-hydrogen) atoms. The summed E-state index contributed by atoms with van der Waals surface area (Å²) >= 11 is 0. The average molecular weight is 266 g/mol. The second-order valence-electron chi connectivity index (χ2n) is 5.19. The number of aryl methyl sites for hydroxylation is 2. The first-order valence-corrected chi connectivity index (χ1v) is 7.43. The second-order valence-corrected chi connectivity index (χ2v) is 5.19. The molecule has 1 heterocycles. The van der Waals surface area contributed by atoms with Gasteiger partial charge in [-0.15, -0.1) is 0 Å². The van der Waals surface area contributed by atoms with E-state index in [4.69, 9.17) is 0 Å². The van der Waals surface area contributed by atoms with Gasteiger partial charge in [0.15, 0.2) is 5.97 Å². The quantitative estimate of drug-likeness (QED) is 0.479. The third-order valence-electron chi connectivity index (χ3n) is 3.51. The molecule has 0 unspecified atom stereocenters. The monoisotopic (exact) mass is 266 g/mol. The largest absolute Gasteiger partial charge is 0.538 e. The van der Waals surface area contributed by atoms with Crippen molar-refractivity contribution in [2.75, 3.05) is 0 Å². The van der Waals surface area contributed by atoms with E-state index in [2.05, 4.69) is 6.92 Å². The van der Waals surface area contributed by atoms with E-state index in [-0.39, 0.29) is 5.82 Å². The van der Waals surface area contributed by atoms with Gasteiger partial charge < -0.3 is 9.90 Å². The Morgan fingerprint density at radius 1 is 1.16 bits per heavy atom. The zero-order chi connectivity index (χ0) is 14.1. The summed E-state index contributed by atoms with van der Waals surface area (Å²) in [6, 6.07) is 0. The van der Waals surface area contributed by atoms with Crippen LogP contribution in [-0.4, -0.2) is 10.5 Å². The molecule has 108 valence electrons. The molecule has 1 aromatic rings. The number of rotatable bonds is 10. The molecule has 0 fully saturated rings. The molecule has 0 amide bonds. The van der Waals surface area contributed by atoms with Gasteiger partial charge in [0.25, 0.3) is 0 Å². The predicted octanol–water partition coefficient (Wildman–Crippen LogP) is 1.82. The first-order valence-electron chi connectivity index (χ1n) is 7.43. The number of carbonyl (C=O) groups is 1. The normalized spacial score (nSPS) is 10.8. The average Bonchev–Trinajstić information content (AvgIpc) is 2.74. The van der Waals surface area contributed by atoms with Crippen LogP contribution in [0, 0.1) is 0 Å². The molecule has 0 aromatic carbocycles. The van der Waals surface area contributed by atoms with E-state index in [0.717, 1.165) is 13.0 Å². The van der Waals surface area contributed by atoms with Gasteiger partial charge in [0, 0.05) is 0 Å². The van der Waals surface area contributed by atoms with E-state index in [1.807, 2.05) is 6.20 Å². The summed E-state index contributed by atoms with van der Waals surface area (Å²) in [5, 5.41) is 11.0. The molecule has 4 heteroatoms. The molecular weight excluding hydrogens is 240 g/mol. The zero-order valence-corrected chi connectivity index (χ0v) is 12.2. The molecule has 0 aliphatic heterocycles. The highest BCUT2D eigenvalue weighted by atomic mass is 16.4. The van der Waals surface area contributed by atoms with Gasteiger partial charge in [0.05, 0.1) is 13.6 Å². The van der Waals surface area contributed by atoms with Gasteiger partial charge in [-0.3, -0.25) is 0 Å². The fourth-order valence-corrected chi connectivity index (χ4v) is 2.38. The summed E-state index contributed by atoms with van der Waals surface area (Å²) in [6.07, 6.45) is 13.6. The maximum atomic E-state index is 11.0. The van der Waals surface area contributed by atoms with Crippen LogP contribution in [0.25, 0.3) is 0 Å². The van der Waals surface area contributed by atoms with Crippen molar-refractivity contribution in [3.63, 3.8) is 0 Å². The van der Waals surface area contributed by atoms with Gasteiger partial charge in [-0.05, 0) is 12.8 Å². The van der Waals surface area contributed by atoms with E-state index in [9.17, 15) is 9.90 Å². The van der Waals surface area contributed by atoms with Gasteiger partial charge in [0.1, 0.15) is 12.4 Å². The summed E-state index contributed by atoms with van der Waals surface area (Å²) in [7, 11) is 1.73. The Labute approximate surface area is 116 Å². The van der Waals surface area contributed by atoms with E-state index < -0.39 is 5.97 Å². The molecule has 0 saturated heterocycles. The third kappa shape index (κ3) is 5.45. The van der Waals surface area contributed by atoms with Crippen LogP contribution in [-0.2, 0) is 13.6 Å². The van der Waals surface area contributed by atoms with E-state index in [1.165, 1.54) is 44.9 Å². The number of imidazole rings is 1. The summed E-state index contributed by atoms with van der Waals surface area (Å²) in [4.78, 5) is 11.0. The first kappa shape index (κ1) is 15.7. The number of carboxylic acids is 1. The Bertz CT molecular complexity index is 385. The molecule has 0 aliphatic carbocycles. The number of nitrogens with zero attached hydrogens (tertiary/aromatic N) is 2. The highest BCUT2D eigenvalue weighted by Crippen LogP contribution is 2.09. The SMILES string of the molecule is CCCCCCCCCCn1cc[n+](C)c1C(=O)[O-]. The van der Waals surface area contributed by atoms with Gasteiger partial charge in [0.2, 0.25) is 0 Å². The molecule has 4 nitrogen and oxygen atoms in total. The van der Waals surface area contributed by atoms with E-state index in [0.29, 0.717) is 0 Å². The highest BCUT2D eigenvalue weighted by Gasteiger charge is 2.14. The van der Waals surface area contributed by atoms with Gasteiger partial charge >= 0.3 is 5.82 Å². The van der Waals surface area contributed by atoms with Crippen molar-refractivity contribution in [1.29, 1.82) is 0 Å². The molecule has 0 N–H and O–H groups in total. The van der Waals surface area contributed by atoms with Gasteiger partial charge in [-0.25, -0.2) is 9.13 Å². The van der Waals surface area contributed by atoms with Crippen molar-refractivity contribution in [3.05, 3.63) is 18.2 Å². The maximum Gasteiger partial charge on any atom is 0.304 e. The van der Waals surface area contributed by atoms with Crippen LogP contribution in [0.5, 0.6) is 0 Å². The second kappa shape index (κ2) is 8.73. The Hall–Kier alpha value is -1.32. The molecule has 0 atom stereocenters. The molecule has 1 rings (SSSR count). The van der Waals surface area contributed by atoms with Crippen LogP contribution in [0.3, 0.4) is 0 Å². The Morgan fingerprint density at radius 2 is 1.74 bits per heavy atom. The molecule has 0 bridgehead atoms. The first-order chi connectivity index (χ1) is 9.16. The fraction of sp³-hybridized carbons (Fsp3) is 0.733. The fourth-order valence-electron chi connectivity index (χ4n) is 2.38. The number of unbranched alkanes of at least 4 members (excludes halogenated alkanes) is 7. The molecule has 0 spiro atoms. The van der Waals surface area contributed by atoms with Crippen LogP contribution in [0.4, 0.5) is 0 Å². The van der Waals surface area contributed by atoms with Crippen LogP contribution in [0.2, 0.25) is 0 Å².